The molecule has 0 spiro atoms. The molecule has 1 aliphatic rings. The van der Waals surface area contributed by atoms with Crippen LogP contribution in [0.1, 0.15) is 50.3 Å². The Labute approximate surface area is 221 Å². The van der Waals surface area contributed by atoms with Crippen LogP contribution in [0.25, 0.3) is 27.4 Å². The number of carbonyl (C=O) groups is 1. The average Bonchev–Trinajstić information content (AvgIpc) is 3.26. The van der Waals surface area contributed by atoms with Gasteiger partial charge in [0.25, 0.3) is 0 Å². The third-order valence-corrected chi connectivity index (χ3v) is 6.64. The van der Waals surface area contributed by atoms with Gasteiger partial charge in [-0.05, 0) is 51.4 Å². The van der Waals surface area contributed by atoms with E-state index in [1.165, 1.54) is 6.33 Å². The number of nitrogens with zero attached hydrogens (tertiary/aromatic N) is 6. The highest BCUT2D eigenvalue weighted by Crippen LogP contribution is 2.36. The molecular weight excluding hydrogens is 482 g/mol. The predicted octanol–water partition coefficient (Wildman–Crippen LogP) is 3.64. The number of fused-ring (bicyclic) bond motifs is 2. The number of carbonyl (C=O) groups excluding carboxylic acids is 1. The lowest BCUT2D eigenvalue weighted by Gasteiger charge is -2.29. The number of rotatable bonds is 5. The molecule has 2 N–H and O–H groups in total. The first kappa shape index (κ1) is 27.0. The quantitative estimate of drug-likeness (QED) is 0.426. The maximum absolute atomic E-state index is 13.0. The van der Waals surface area contributed by atoms with Crippen molar-refractivity contribution in [2.45, 2.75) is 40.2 Å². The summed E-state index contributed by atoms with van der Waals surface area (Å²) < 4.78 is 7.72. The number of hydrogen-bond donors (Lipinski definition) is 1. The summed E-state index contributed by atoms with van der Waals surface area (Å²) in [5.41, 5.74) is 8.87. The Bertz CT molecular complexity index is 1570. The third kappa shape index (κ3) is 4.91. The fourth-order valence-corrected chi connectivity index (χ4v) is 4.89. The van der Waals surface area contributed by atoms with E-state index in [-0.39, 0.29) is 5.91 Å². The van der Waals surface area contributed by atoms with Gasteiger partial charge in [0.05, 0.1) is 23.0 Å². The molecule has 1 unspecified atom stereocenters. The van der Waals surface area contributed by atoms with E-state index in [4.69, 9.17) is 10.2 Å². The second kappa shape index (κ2) is 11.1. The largest absolute Gasteiger partial charge is 0.424 e. The van der Waals surface area contributed by atoms with Gasteiger partial charge < -0.3 is 20.0 Å². The number of aryl methyl sites for hydroxylation is 1. The number of hydrogen-bond acceptors (Lipinski definition) is 8. The molecule has 1 aromatic carbocycles. The first-order valence-electron chi connectivity index (χ1n) is 12.9. The fraction of sp³-hybridized carbons (Fsp3) is 0.393. The highest BCUT2D eigenvalue weighted by molar-refractivity contribution is 5.94. The Morgan fingerprint density at radius 2 is 1.89 bits per heavy atom. The van der Waals surface area contributed by atoms with Gasteiger partial charge in [-0.1, -0.05) is 38.1 Å². The van der Waals surface area contributed by atoms with E-state index in [0.29, 0.717) is 59.7 Å². The van der Waals surface area contributed by atoms with Crippen LogP contribution in [-0.4, -0.2) is 69.2 Å². The van der Waals surface area contributed by atoms with Gasteiger partial charge in [0.2, 0.25) is 5.91 Å². The van der Waals surface area contributed by atoms with Crippen molar-refractivity contribution in [2.24, 2.45) is 0 Å². The van der Waals surface area contributed by atoms with Crippen LogP contribution in [0.15, 0.2) is 45.9 Å². The predicted molar refractivity (Wildman–Crippen MR) is 150 cm³/mol. The van der Waals surface area contributed by atoms with Gasteiger partial charge in [0, 0.05) is 18.7 Å². The molecule has 10 heteroatoms. The van der Waals surface area contributed by atoms with Crippen molar-refractivity contribution in [3.63, 3.8) is 0 Å². The molecular formula is C28H35N7O3. The molecule has 1 amide bonds. The van der Waals surface area contributed by atoms with Crippen LogP contribution in [0.3, 0.4) is 0 Å². The van der Waals surface area contributed by atoms with Crippen LogP contribution >= 0.6 is 0 Å². The molecule has 0 saturated carbocycles. The molecule has 3 aromatic heterocycles. The van der Waals surface area contributed by atoms with Gasteiger partial charge in [-0.15, -0.1) is 0 Å². The normalized spacial score (nSPS) is 14.4. The van der Waals surface area contributed by atoms with Crippen LogP contribution < -0.4 is 11.4 Å². The Kier molecular flexibility index (Phi) is 7.91. The lowest BCUT2D eigenvalue weighted by molar-refractivity contribution is -0.131. The van der Waals surface area contributed by atoms with Gasteiger partial charge in [0.1, 0.15) is 23.9 Å². The summed E-state index contributed by atoms with van der Waals surface area (Å²) in [6.07, 6.45) is 4.11. The SMILES string of the molecule is CC.Cc1nn(C(C)c2oc(=O)c3ccccc3c2C2=CCN(C(=O)CN(C)C)CC2)c2ncnc(N)c12. The maximum atomic E-state index is 13.0. The lowest BCUT2D eigenvalue weighted by Crippen LogP contribution is -2.40. The van der Waals surface area contributed by atoms with Gasteiger partial charge >= 0.3 is 5.63 Å². The standard InChI is InChI=1S/C26H29N7O3.C2H6/c1-15-21-24(27)28-14-29-25(21)33(30-15)16(2)23-22(18-7-5-6-8-19(18)26(35)36-23)17-9-11-32(12-10-17)20(34)13-31(3)4;1-2/h5-9,14,16H,10-13H2,1-4H3,(H2,27,28,29);1-2H3. The van der Waals surface area contributed by atoms with E-state index < -0.39 is 11.7 Å². The summed E-state index contributed by atoms with van der Waals surface area (Å²) in [6, 6.07) is 7.01. The summed E-state index contributed by atoms with van der Waals surface area (Å²) in [5, 5.41) is 6.70. The number of nitrogens with two attached hydrogens (primary N) is 1. The molecule has 4 aromatic rings. The summed E-state index contributed by atoms with van der Waals surface area (Å²) in [6.45, 7) is 9.23. The van der Waals surface area contributed by atoms with Crippen LogP contribution in [0, 0.1) is 6.92 Å². The van der Waals surface area contributed by atoms with E-state index in [9.17, 15) is 9.59 Å². The number of likely N-dealkylation sites (N-methyl/N-ethyl adjacent to an activating group) is 1. The molecule has 0 fully saturated rings. The molecule has 200 valence electrons. The third-order valence-electron chi connectivity index (χ3n) is 6.64. The molecule has 0 aliphatic carbocycles. The maximum Gasteiger partial charge on any atom is 0.343 e. The van der Waals surface area contributed by atoms with E-state index in [0.717, 1.165) is 16.5 Å². The second-order valence-electron chi connectivity index (χ2n) is 9.39. The first-order chi connectivity index (χ1) is 18.3. The Morgan fingerprint density at radius 1 is 1.18 bits per heavy atom. The van der Waals surface area contributed by atoms with E-state index in [1.54, 1.807) is 10.7 Å². The van der Waals surface area contributed by atoms with Crippen LogP contribution in [0.4, 0.5) is 5.82 Å². The molecule has 0 bridgehead atoms. The van der Waals surface area contributed by atoms with E-state index in [2.05, 4.69) is 21.1 Å². The minimum Gasteiger partial charge on any atom is -0.424 e. The van der Waals surface area contributed by atoms with Gasteiger partial charge in [-0.2, -0.15) is 5.10 Å². The fourth-order valence-electron chi connectivity index (χ4n) is 4.89. The summed E-state index contributed by atoms with van der Waals surface area (Å²) >= 11 is 0. The molecule has 1 aliphatic heterocycles. The van der Waals surface area contributed by atoms with Crippen molar-refractivity contribution in [2.75, 3.05) is 39.5 Å². The zero-order valence-corrected chi connectivity index (χ0v) is 22.9. The molecule has 38 heavy (non-hydrogen) atoms. The van der Waals surface area contributed by atoms with Gasteiger partial charge in [0.15, 0.2) is 5.65 Å². The molecule has 5 rings (SSSR count). The van der Waals surface area contributed by atoms with E-state index in [1.807, 2.05) is 69.8 Å². The monoisotopic (exact) mass is 517 g/mol. The van der Waals surface area contributed by atoms with Crippen molar-refractivity contribution >= 4 is 39.1 Å². The average molecular weight is 518 g/mol. The molecule has 0 saturated heterocycles. The zero-order valence-electron chi connectivity index (χ0n) is 22.9. The highest BCUT2D eigenvalue weighted by atomic mass is 16.4. The Morgan fingerprint density at radius 3 is 2.55 bits per heavy atom. The second-order valence-corrected chi connectivity index (χ2v) is 9.39. The van der Waals surface area contributed by atoms with Crippen LogP contribution in [0.2, 0.25) is 0 Å². The summed E-state index contributed by atoms with van der Waals surface area (Å²) in [4.78, 5) is 37.8. The van der Waals surface area contributed by atoms with E-state index >= 15 is 0 Å². The van der Waals surface area contributed by atoms with Gasteiger partial charge in [-0.25, -0.2) is 19.4 Å². The van der Waals surface area contributed by atoms with Crippen molar-refractivity contribution in [1.82, 2.24) is 29.5 Å². The molecule has 4 heterocycles. The summed E-state index contributed by atoms with van der Waals surface area (Å²) in [5.74, 6) is 0.942. The number of aromatic nitrogens is 4. The Balaban J connectivity index is 0.00000164. The molecule has 0 radical (unpaired) electrons. The summed E-state index contributed by atoms with van der Waals surface area (Å²) in [7, 11) is 3.77. The van der Waals surface area contributed by atoms with Crippen molar-refractivity contribution in [3.05, 3.63) is 64.1 Å². The highest BCUT2D eigenvalue weighted by Gasteiger charge is 2.28. The minimum atomic E-state index is -0.447. The first-order valence-corrected chi connectivity index (χ1v) is 12.9. The molecule has 1 atom stereocenters. The van der Waals surface area contributed by atoms with Crippen molar-refractivity contribution in [3.8, 4) is 0 Å². The lowest BCUT2D eigenvalue weighted by atomic mass is 9.92. The zero-order chi connectivity index (χ0) is 27.6. The number of nitrogen functional groups attached to an aromatic ring is 1. The van der Waals surface area contributed by atoms with Gasteiger partial charge in [-0.3, -0.25) is 4.79 Å². The number of amides is 1. The number of anilines is 1. The Hall–Kier alpha value is -4.05. The topological polar surface area (TPSA) is 123 Å². The van der Waals surface area contributed by atoms with Crippen LogP contribution in [0.5, 0.6) is 0 Å². The smallest absolute Gasteiger partial charge is 0.343 e. The molecule has 10 nitrogen and oxygen atoms in total. The number of benzene rings is 1. The van der Waals surface area contributed by atoms with Crippen molar-refractivity contribution < 1.29 is 9.21 Å². The minimum absolute atomic E-state index is 0.0871. The van der Waals surface area contributed by atoms with Crippen molar-refractivity contribution in [1.29, 1.82) is 0 Å². The van der Waals surface area contributed by atoms with Crippen LogP contribution in [-0.2, 0) is 4.79 Å².